The van der Waals surface area contributed by atoms with Gasteiger partial charge in [0, 0.05) is 43.7 Å². The Morgan fingerprint density at radius 1 is 1.41 bits per heavy atom. The van der Waals surface area contributed by atoms with Crippen LogP contribution in [0.5, 0.6) is 5.75 Å². The van der Waals surface area contributed by atoms with E-state index in [1.54, 1.807) is 16.1 Å². The van der Waals surface area contributed by atoms with Crippen molar-refractivity contribution in [2.45, 2.75) is 75.6 Å². The van der Waals surface area contributed by atoms with Crippen molar-refractivity contribution in [1.29, 1.82) is 0 Å². The predicted molar refractivity (Wildman–Crippen MR) is 136 cm³/mol. The first kappa shape index (κ1) is 24.4. The van der Waals surface area contributed by atoms with Crippen molar-refractivity contribution in [3.8, 4) is 5.75 Å². The number of β-amino-alcohol motifs (C(OH)–C–C–N with tert-alkyl or cyclic N) is 1. The number of hydrogen-bond acceptors (Lipinski definition) is 9. The summed E-state index contributed by atoms with van der Waals surface area (Å²) in [7, 11) is 0. The van der Waals surface area contributed by atoms with Gasteiger partial charge in [-0.15, -0.1) is 0 Å². The number of rotatable bonds is 6. The van der Waals surface area contributed by atoms with Crippen molar-refractivity contribution >= 4 is 16.8 Å². The highest BCUT2D eigenvalue weighted by molar-refractivity contribution is 5.85. The van der Waals surface area contributed by atoms with Gasteiger partial charge in [0.25, 0.3) is 5.91 Å². The minimum Gasteiger partial charge on any atom is -0.484 e. The van der Waals surface area contributed by atoms with Crippen LogP contribution >= 0.6 is 0 Å². The smallest absolute Gasteiger partial charge is 0.254 e. The van der Waals surface area contributed by atoms with Gasteiger partial charge in [0.1, 0.15) is 11.9 Å². The zero-order chi connectivity index (χ0) is 25.9. The van der Waals surface area contributed by atoms with Crippen LogP contribution in [0, 0.1) is 0 Å². The lowest BCUT2D eigenvalue weighted by atomic mass is 9.66. The summed E-state index contributed by atoms with van der Waals surface area (Å²) in [6.45, 7) is 6.01. The van der Waals surface area contributed by atoms with Gasteiger partial charge in [-0.25, -0.2) is 5.84 Å². The number of aliphatic hydroxyl groups is 1. The molecule has 1 saturated carbocycles. The number of amides is 1. The van der Waals surface area contributed by atoms with Crippen LogP contribution in [0.1, 0.15) is 44.2 Å². The van der Waals surface area contributed by atoms with Crippen molar-refractivity contribution in [2.24, 2.45) is 11.6 Å². The molecule has 4 fully saturated rings. The molecule has 1 amide bonds. The van der Waals surface area contributed by atoms with Gasteiger partial charge in [-0.3, -0.25) is 9.78 Å². The van der Waals surface area contributed by atoms with E-state index >= 15 is 0 Å². The molecule has 1 aliphatic carbocycles. The molecular formula is C27H35N5O5. The second kappa shape index (κ2) is 8.83. The predicted octanol–water partition coefficient (Wildman–Crippen LogP) is 1.33. The largest absolute Gasteiger partial charge is 0.484 e. The molecule has 3 unspecified atom stereocenters. The normalized spacial score (nSPS) is 31.7. The van der Waals surface area contributed by atoms with Gasteiger partial charge in [0.05, 0.1) is 41.7 Å². The average Bonchev–Trinajstić information content (AvgIpc) is 3.53. The third kappa shape index (κ3) is 4.12. The van der Waals surface area contributed by atoms with E-state index in [0.717, 1.165) is 22.9 Å². The standard InChI is InChI=1S/C27H35N5O5/c1-16(36-19-3-4-23-21(9-19)20-6-8-35-13-17(20)10-30-23)22(28)12-32(29)27-14-26(2,15-27)37-24(27)25(34)31-7-5-18(33)11-31/h3-4,9-10,12,16,18,24,33H,5-8,11,13-15,28-29H2,1-2H3/b22-12-. The van der Waals surface area contributed by atoms with E-state index in [1.165, 1.54) is 5.56 Å². The van der Waals surface area contributed by atoms with E-state index in [-0.39, 0.29) is 11.5 Å². The van der Waals surface area contributed by atoms with Crippen molar-refractivity contribution in [3.05, 3.63) is 47.4 Å². The van der Waals surface area contributed by atoms with Crippen LogP contribution in [0.3, 0.4) is 0 Å². The Hall–Kier alpha value is -2.92. The number of pyridine rings is 1. The maximum atomic E-state index is 13.3. The molecule has 2 aromatic rings. The van der Waals surface area contributed by atoms with Gasteiger partial charge in [-0.1, -0.05) is 0 Å². The van der Waals surface area contributed by atoms with Crippen LogP contribution in [-0.2, 0) is 27.3 Å². The van der Waals surface area contributed by atoms with Gasteiger partial charge in [0.15, 0.2) is 6.10 Å². The topological polar surface area (TPSA) is 136 Å². The maximum Gasteiger partial charge on any atom is 0.254 e. The van der Waals surface area contributed by atoms with E-state index < -0.39 is 23.9 Å². The Morgan fingerprint density at radius 2 is 2.22 bits per heavy atom. The van der Waals surface area contributed by atoms with Crippen LogP contribution in [0.15, 0.2) is 36.3 Å². The highest BCUT2D eigenvalue weighted by Gasteiger charge is 2.70. The molecule has 7 rings (SSSR count). The van der Waals surface area contributed by atoms with E-state index in [0.29, 0.717) is 57.0 Å². The summed E-state index contributed by atoms with van der Waals surface area (Å²) in [5.41, 5.74) is 9.12. The van der Waals surface area contributed by atoms with E-state index in [2.05, 4.69) is 4.98 Å². The van der Waals surface area contributed by atoms with Gasteiger partial charge in [0.2, 0.25) is 0 Å². The Kier molecular flexibility index (Phi) is 5.83. The lowest BCUT2D eigenvalue weighted by Gasteiger charge is -2.48. The lowest BCUT2D eigenvalue weighted by Crippen LogP contribution is -2.64. The molecule has 10 nitrogen and oxygen atoms in total. The van der Waals surface area contributed by atoms with Crippen molar-refractivity contribution < 1.29 is 24.1 Å². The lowest BCUT2D eigenvalue weighted by molar-refractivity contribution is -0.144. The summed E-state index contributed by atoms with van der Waals surface area (Å²) in [6.07, 6.45) is 4.61. The average molecular weight is 510 g/mol. The molecule has 0 spiro atoms. The van der Waals surface area contributed by atoms with Gasteiger partial charge in [-0.2, -0.15) is 0 Å². The van der Waals surface area contributed by atoms with Crippen molar-refractivity contribution in [3.63, 3.8) is 0 Å². The number of likely N-dealkylation sites (tertiary alicyclic amines) is 1. The third-order valence-electron chi connectivity index (χ3n) is 8.33. The highest BCUT2D eigenvalue weighted by Crippen LogP contribution is 2.58. The summed E-state index contributed by atoms with van der Waals surface area (Å²) in [5.74, 6) is 7.12. The minimum atomic E-state index is -0.698. The molecule has 4 aliphatic heterocycles. The van der Waals surface area contributed by atoms with Crippen LogP contribution in [0.2, 0.25) is 0 Å². The van der Waals surface area contributed by atoms with E-state index in [1.807, 2.05) is 38.2 Å². The van der Waals surface area contributed by atoms with Gasteiger partial charge >= 0.3 is 0 Å². The van der Waals surface area contributed by atoms with Crippen molar-refractivity contribution in [2.75, 3.05) is 19.7 Å². The molecular weight excluding hydrogens is 474 g/mol. The van der Waals surface area contributed by atoms with Gasteiger partial charge < -0.3 is 35.0 Å². The Balaban J connectivity index is 1.19. The number of carbonyl (C=O) groups excluding carboxylic acids is 1. The number of nitrogens with zero attached hydrogens (tertiary/aromatic N) is 3. The minimum absolute atomic E-state index is 0.122. The number of aliphatic hydroxyl groups excluding tert-OH is 1. The number of hydrazine groups is 1. The summed E-state index contributed by atoms with van der Waals surface area (Å²) in [5, 5.41) is 12.5. The first-order valence-corrected chi connectivity index (χ1v) is 13.0. The van der Waals surface area contributed by atoms with Crippen LogP contribution in [0.25, 0.3) is 10.9 Å². The van der Waals surface area contributed by atoms with Gasteiger partial charge in [-0.05, 0) is 56.0 Å². The SMILES string of the molecule is CC(Oc1ccc2ncc3c(c2c1)CCOC3)/C(N)=C/N(N)C12CC(C)(C1)OC2C(=O)N1CCC(O)C1. The molecule has 5 N–H and O–H groups in total. The fourth-order valence-electron chi connectivity index (χ4n) is 6.40. The second-order valence-electron chi connectivity index (χ2n) is 11.2. The summed E-state index contributed by atoms with van der Waals surface area (Å²) < 4.78 is 17.9. The molecule has 37 heavy (non-hydrogen) atoms. The fraction of sp³-hybridized carbons (Fsp3) is 0.556. The van der Waals surface area contributed by atoms with E-state index in [4.69, 9.17) is 25.8 Å². The molecule has 1 aromatic heterocycles. The molecule has 5 aliphatic rings. The fourth-order valence-corrected chi connectivity index (χ4v) is 6.40. The maximum absolute atomic E-state index is 13.3. The quantitative estimate of drug-likeness (QED) is 0.389. The third-order valence-corrected chi connectivity index (χ3v) is 8.33. The first-order valence-electron chi connectivity index (χ1n) is 13.0. The highest BCUT2D eigenvalue weighted by atomic mass is 16.5. The number of fused-ring (bicyclic) bond motifs is 4. The first-order chi connectivity index (χ1) is 17.7. The number of carbonyl (C=O) groups is 1. The summed E-state index contributed by atoms with van der Waals surface area (Å²) in [6, 6.07) is 5.86. The molecule has 10 heteroatoms. The second-order valence-corrected chi connectivity index (χ2v) is 11.2. The Labute approximate surface area is 216 Å². The van der Waals surface area contributed by atoms with E-state index in [9.17, 15) is 9.90 Å². The molecule has 1 aromatic carbocycles. The number of ether oxygens (including phenoxy) is 3. The summed E-state index contributed by atoms with van der Waals surface area (Å²) in [4.78, 5) is 19.5. The van der Waals surface area contributed by atoms with Crippen LogP contribution in [-0.4, -0.2) is 75.1 Å². The molecule has 0 radical (unpaired) electrons. The summed E-state index contributed by atoms with van der Waals surface area (Å²) >= 11 is 0. The van der Waals surface area contributed by atoms with Crippen LogP contribution < -0.4 is 16.3 Å². The molecule has 3 atom stereocenters. The zero-order valence-corrected chi connectivity index (χ0v) is 21.4. The molecule has 198 valence electrons. The van der Waals surface area contributed by atoms with Crippen molar-refractivity contribution in [1.82, 2.24) is 14.9 Å². The zero-order valence-electron chi connectivity index (χ0n) is 21.4. The molecule has 5 heterocycles. The molecule has 2 bridgehead atoms. The number of hydrogen-bond donors (Lipinski definition) is 3. The number of benzene rings is 1. The molecule has 3 saturated heterocycles. The number of nitrogens with two attached hydrogens (primary N) is 2. The Morgan fingerprint density at radius 3 is 2.97 bits per heavy atom. The van der Waals surface area contributed by atoms with Crippen LogP contribution in [0.4, 0.5) is 0 Å². The number of aromatic nitrogens is 1. The Bertz CT molecular complexity index is 1260. The monoisotopic (exact) mass is 509 g/mol.